The first-order valence-electron chi connectivity index (χ1n) is 3.78. The molecule has 1 atom stereocenters. The Balaban J connectivity index is 2.02. The van der Waals surface area contributed by atoms with Gasteiger partial charge in [-0.05, 0) is 13.8 Å². The first-order valence-corrected chi connectivity index (χ1v) is 3.78. The van der Waals surface area contributed by atoms with Crippen molar-refractivity contribution in [2.45, 2.75) is 32.6 Å². The molecule has 0 amide bonds. The van der Waals surface area contributed by atoms with Crippen LogP contribution in [0.3, 0.4) is 0 Å². The van der Waals surface area contributed by atoms with Gasteiger partial charge < -0.3 is 14.2 Å². The number of methoxy groups -OCH3 is 1. The van der Waals surface area contributed by atoms with Crippen LogP contribution < -0.4 is 5.32 Å². The smallest absolute Gasteiger partial charge is 0.221 e. The van der Waals surface area contributed by atoms with Crippen molar-refractivity contribution < 1.29 is 14.2 Å². The number of hydrogen-bond acceptors (Lipinski definition) is 4. The van der Waals surface area contributed by atoms with Crippen molar-refractivity contribution >= 4 is 0 Å². The highest BCUT2D eigenvalue weighted by atomic mass is 16.9. The van der Waals surface area contributed by atoms with Crippen LogP contribution >= 0.6 is 0 Å². The quantitative estimate of drug-likeness (QED) is 0.643. The van der Waals surface area contributed by atoms with Crippen LogP contribution in [0.25, 0.3) is 0 Å². The van der Waals surface area contributed by atoms with Gasteiger partial charge in [-0.2, -0.15) is 0 Å². The molecule has 0 radical (unpaired) electrons. The molecule has 1 fully saturated rings. The molecular weight excluding hydrogens is 146 g/mol. The van der Waals surface area contributed by atoms with Gasteiger partial charge in [-0.15, -0.1) is 0 Å². The number of nitrogens with one attached hydrogen (secondary N) is 1. The van der Waals surface area contributed by atoms with E-state index in [1.165, 1.54) is 0 Å². The average Bonchev–Trinajstić information content (AvgIpc) is 1.85. The fraction of sp³-hybridized carbons (Fsp3) is 1.00. The van der Waals surface area contributed by atoms with E-state index in [-0.39, 0.29) is 18.7 Å². The highest BCUT2D eigenvalue weighted by Crippen LogP contribution is 2.13. The molecule has 0 aromatic rings. The van der Waals surface area contributed by atoms with Gasteiger partial charge in [0.1, 0.15) is 0 Å². The minimum absolute atomic E-state index is 0.0674. The number of hydrogen-bond donors (Lipinski definition) is 1. The molecule has 1 N–H and O–H groups in total. The fourth-order valence-electron chi connectivity index (χ4n) is 0.967. The number of ether oxygens (including phenoxy) is 3. The van der Waals surface area contributed by atoms with Crippen molar-refractivity contribution in [3.63, 3.8) is 0 Å². The molecule has 4 heteroatoms. The predicted octanol–water partition coefficient (Wildman–Crippen LogP) is 0.287. The SMILES string of the molecule is COC[C@H](C)NC1OC(C)O1. The third-order valence-electron chi connectivity index (χ3n) is 1.47. The van der Waals surface area contributed by atoms with E-state index < -0.39 is 0 Å². The Hall–Kier alpha value is -0.160. The van der Waals surface area contributed by atoms with Crippen LogP contribution in [0.4, 0.5) is 0 Å². The van der Waals surface area contributed by atoms with Gasteiger partial charge in [-0.3, -0.25) is 5.32 Å². The van der Waals surface area contributed by atoms with Crippen molar-refractivity contribution in [2.75, 3.05) is 13.7 Å². The van der Waals surface area contributed by atoms with Crippen LogP contribution in [0, 0.1) is 0 Å². The summed E-state index contributed by atoms with van der Waals surface area (Å²) in [6.07, 6.45) is -0.308. The summed E-state index contributed by atoms with van der Waals surface area (Å²) in [7, 11) is 1.67. The zero-order valence-corrected chi connectivity index (χ0v) is 7.16. The van der Waals surface area contributed by atoms with Gasteiger partial charge in [0.15, 0.2) is 6.29 Å². The van der Waals surface area contributed by atoms with E-state index in [0.29, 0.717) is 6.61 Å². The van der Waals surface area contributed by atoms with Gasteiger partial charge in [-0.25, -0.2) is 0 Å². The van der Waals surface area contributed by atoms with E-state index in [9.17, 15) is 0 Å². The second kappa shape index (κ2) is 4.01. The lowest BCUT2D eigenvalue weighted by atomic mass is 10.4. The molecule has 0 unspecified atom stereocenters. The molecule has 1 aliphatic rings. The van der Waals surface area contributed by atoms with Crippen LogP contribution in [-0.2, 0) is 14.2 Å². The van der Waals surface area contributed by atoms with E-state index >= 15 is 0 Å². The zero-order chi connectivity index (χ0) is 8.27. The molecule has 0 spiro atoms. The first kappa shape index (κ1) is 8.93. The topological polar surface area (TPSA) is 39.7 Å². The lowest BCUT2D eigenvalue weighted by molar-refractivity contribution is -0.388. The lowest BCUT2D eigenvalue weighted by Crippen LogP contribution is -2.52. The summed E-state index contributed by atoms with van der Waals surface area (Å²) in [5.74, 6) is 0. The summed E-state index contributed by atoms with van der Waals surface area (Å²) >= 11 is 0. The molecule has 1 aliphatic heterocycles. The Labute approximate surface area is 66.8 Å². The highest BCUT2D eigenvalue weighted by Gasteiger charge is 2.27. The third-order valence-corrected chi connectivity index (χ3v) is 1.47. The zero-order valence-electron chi connectivity index (χ0n) is 7.16. The van der Waals surface area contributed by atoms with Crippen molar-refractivity contribution in [3.05, 3.63) is 0 Å². The molecule has 66 valence electrons. The molecule has 0 aromatic carbocycles. The lowest BCUT2D eigenvalue weighted by Gasteiger charge is -2.35. The third kappa shape index (κ3) is 2.75. The van der Waals surface area contributed by atoms with Crippen molar-refractivity contribution in [2.24, 2.45) is 0 Å². The van der Waals surface area contributed by atoms with E-state index in [1.807, 2.05) is 13.8 Å². The molecule has 1 saturated heterocycles. The largest absolute Gasteiger partial charge is 0.383 e. The van der Waals surface area contributed by atoms with E-state index in [0.717, 1.165) is 0 Å². The molecule has 4 nitrogen and oxygen atoms in total. The summed E-state index contributed by atoms with van der Waals surface area (Å²) in [4.78, 5) is 0. The summed E-state index contributed by atoms with van der Waals surface area (Å²) < 4.78 is 15.3. The summed E-state index contributed by atoms with van der Waals surface area (Å²) in [6.45, 7) is 4.54. The van der Waals surface area contributed by atoms with Gasteiger partial charge >= 0.3 is 0 Å². The molecule has 11 heavy (non-hydrogen) atoms. The minimum atomic E-state index is -0.241. The Kier molecular flexibility index (Phi) is 3.26. The second-order valence-electron chi connectivity index (χ2n) is 2.69. The van der Waals surface area contributed by atoms with Gasteiger partial charge in [0.2, 0.25) is 6.41 Å². The second-order valence-corrected chi connectivity index (χ2v) is 2.69. The Morgan fingerprint density at radius 2 is 2.18 bits per heavy atom. The maximum absolute atomic E-state index is 5.17. The minimum Gasteiger partial charge on any atom is -0.383 e. The molecule has 0 aromatic heterocycles. The van der Waals surface area contributed by atoms with Gasteiger partial charge in [0.05, 0.1) is 6.61 Å². The van der Waals surface area contributed by atoms with E-state index in [1.54, 1.807) is 7.11 Å². The molecule has 1 heterocycles. The average molecular weight is 161 g/mol. The maximum Gasteiger partial charge on any atom is 0.221 e. The Bertz CT molecular complexity index is 111. The van der Waals surface area contributed by atoms with Crippen LogP contribution in [-0.4, -0.2) is 32.5 Å². The van der Waals surface area contributed by atoms with Gasteiger partial charge in [-0.1, -0.05) is 0 Å². The van der Waals surface area contributed by atoms with Crippen molar-refractivity contribution in [1.82, 2.24) is 5.32 Å². The Morgan fingerprint density at radius 3 is 2.64 bits per heavy atom. The molecule has 0 aliphatic carbocycles. The normalized spacial score (nSPS) is 33.0. The van der Waals surface area contributed by atoms with E-state index in [4.69, 9.17) is 14.2 Å². The highest BCUT2D eigenvalue weighted by molar-refractivity contribution is 4.61. The van der Waals surface area contributed by atoms with Crippen molar-refractivity contribution in [3.8, 4) is 0 Å². The standard InChI is InChI=1S/C7H15NO3/c1-5(4-9-3)8-7-10-6(2)11-7/h5-8H,4H2,1-3H3/t5-,6?,7?/m0/s1. The van der Waals surface area contributed by atoms with Crippen LogP contribution in [0.1, 0.15) is 13.8 Å². The first-order chi connectivity index (χ1) is 5.22. The maximum atomic E-state index is 5.17. The molecule has 0 saturated carbocycles. The van der Waals surface area contributed by atoms with Crippen molar-refractivity contribution in [1.29, 1.82) is 0 Å². The molecule has 1 rings (SSSR count). The van der Waals surface area contributed by atoms with Gasteiger partial charge in [0.25, 0.3) is 0 Å². The summed E-state index contributed by atoms with van der Waals surface area (Å²) in [5.41, 5.74) is 0. The van der Waals surface area contributed by atoms with Crippen LogP contribution in [0.2, 0.25) is 0 Å². The summed E-state index contributed by atoms with van der Waals surface area (Å²) in [6, 6.07) is 0.262. The molecular formula is C7H15NO3. The Morgan fingerprint density at radius 1 is 1.55 bits per heavy atom. The summed E-state index contributed by atoms with van der Waals surface area (Å²) in [5, 5.41) is 3.08. The fourth-order valence-corrected chi connectivity index (χ4v) is 0.967. The monoisotopic (exact) mass is 161 g/mol. The van der Waals surface area contributed by atoms with E-state index in [2.05, 4.69) is 5.32 Å². The van der Waals surface area contributed by atoms with Crippen LogP contribution in [0.5, 0.6) is 0 Å². The molecule has 0 bridgehead atoms. The predicted molar refractivity (Wildman–Crippen MR) is 39.9 cm³/mol. The van der Waals surface area contributed by atoms with Gasteiger partial charge in [0, 0.05) is 13.2 Å². The number of rotatable bonds is 4. The van der Waals surface area contributed by atoms with Crippen LogP contribution in [0.15, 0.2) is 0 Å².